The lowest BCUT2D eigenvalue weighted by Crippen LogP contribution is -1.31. The van der Waals surface area contributed by atoms with Crippen LogP contribution in [0.15, 0.2) is 4.52 Å². The van der Waals surface area contributed by atoms with Crippen LogP contribution in [0, 0.1) is 5.53 Å². The molecule has 0 amide bonds. The Kier molecular flexibility index (Phi) is 2.37. The molecule has 0 aliphatic carbocycles. The second-order valence-corrected chi connectivity index (χ2v) is 0.497. The van der Waals surface area contributed by atoms with E-state index in [1.54, 1.807) is 0 Å². The molecule has 0 bridgehead atoms. The minimum Gasteiger partial charge on any atom is -0.146 e. The molecule has 0 rings (SSSR count). The molecule has 0 aliphatic rings. The molecule has 0 heterocycles. The first-order valence-corrected chi connectivity index (χ1v) is 1.27. The molecule has 4 heavy (non-hydrogen) atoms. The molecule has 22 valence electrons. The zero-order chi connectivity index (χ0) is 3.41. The van der Waals surface area contributed by atoms with Crippen molar-refractivity contribution >= 4 is 11.9 Å². The van der Waals surface area contributed by atoms with Crippen molar-refractivity contribution < 1.29 is 4.21 Å². The van der Waals surface area contributed by atoms with Crippen molar-refractivity contribution in [1.29, 1.82) is 5.53 Å². The van der Waals surface area contributed by atoms with Gasteiger partial charge in [-0.2, -0.15) is 0 Å². The Balaban J connectivity index is 2.73. The second-order valence-electron chi connectivity index (χ2n) is 0.166. The first kappa shape index (κ1) is 3.62. The maximum absolute atomic E-state index is 8.86. The van der Waals surface area contributed by atoms with Crippen LogP contribution < -0.4 is 0 Å². The molecule has 0 saturated heterocycles. The Hall–Kier alpha value is -0.380. The summed E-state index contributed by atoms with van der Waals surface area (Å²) in [6.07, 6.45) is 0. The SMILES string of the molecule is N=N[S+]=O. The fraction of sp³-hybridized carbons (Fsp3) is 0. The van der Waals surface area contributed by atoms with Crippen LogP contribution in [0.2, 0.25) is 0 Å². The van der Waals surface area contributed by atoms with Gasteiger partial charge in [-0.05, 0) is 0 Å². The highest BCUT2D eigenvalue weighted by atomic mass is 32.2. The predicted molar refractivity (Wildman–Crippen MR) is 13.2 cm³/mol. The van der Waals surface area contributed by atoms with Gasteiger partial charge < -0.3 is 0 Å². The topological polar surface area (TPSA) is 53.3 Å². The first-order valence-electron chi connectivity index (χ1n) is 0.573. The van der Waals surface area contributed by atoms with Gasteiger partial charge in [-0.1, -0.05) is 0 Å². The molecule has 0 aromatic rings. The third kappa shape index (κ3) is 1.62. The molecule has 4 heteroatoms. The van der Waals surface area contributed by atoms with Gasteiger partial charge in [0, 0.05) is 0 Å². The first-order chi connectivity index (χ1) is 1.91. The molecule has 0 atom stereocenters. The van der Waals surface area contributed by atoms with E-state index in [0.717, 1.165) is 0 Å². The van der Waals surface area contributed by atoms with E-state index in [1.807, 2.05) is 0 Å². The molecule has 0 fully saturated rings. The van der Waals surface area contributed by atoms with Crippen molar-refractivity contribution in [2.75, 3.05) is 0 Å². The normalized spacial score (nSPS) is 5.00. The van der Waals surface area contributed by atoms with E-state index in [4.69, 9.17) is 9.74 Å². The monoisotopic (exact) mass is 77.0 g/mol. The average molecular weight is 77.1 g/mol. The maximum Gasteiger partial charge on any atom is 0.673 e. The molecule has 0 unspecified atom stereocenters. The van der Waals surface area contributed by atoms with Crippen LogP contribution in [-0.4, -0.2) is 0 Å². The summed E-state index contributed by atoms with van der Waals surface area (Å²) in [4.78, 5) is 0. The van der Waals surface area contributed by atoms with Crippen molar-refractivity contribution in [3.63, 3.8) is 0 Å². The van der Waals surface area contributed by atoms with Crippen molar-refractivity contribution in [2.24, 2.45) is 4.52 Å². The Morgan fingerprint density at radius 3 is 2.25 bits per heavy atom. The van der Waals surface area contributed by atoms with Gasteiger partial charge in [0.25, 0.3) is 0 Å². The second kappa shape index (κ2) is 2.62. The molecule has 0 saturated carbocycles. The predicted octanol–water partition coefficient (Wildman–Crippen LogP) is 0.360. The van der Waals surface area contributed by atoms with Crippen molar-refractivity contribution in [1.82, 2.24) is 0 Å². The third-order valence-corrected chi connectivity index (χ3v) is 0.112. The number of nitrogens with one attached hydrogen (secondary N) is 1. The van der Waals surface area contributed by atoms with Gasteiger partial charge in [-0.25, -0.2) is 0 Å². The van der Waals surface area contributed by atoms with Crippen LogP contribution in [0.25, 0.3) is 0 Å². The van der Waals surface area contributed by atoms with Crippen LogP contribution in [0.3, 0.4) is 0 Å². The molecule has 0 radical (unpaired) electrons. The summed E-state index contributed by atoms with van der Waals surface area (Å²) in [5, 5.41) is 0. The highest BCUT2D eigenvalue weighted by Crippen LogP contribution is 1.44. The lowest BCUT2D eigenvalue weighted by Gasteiger charge is -1.09. The quantitative estimate of drug-likeness (QED) is 0.274. The van der Waals surface area contributed by atoms with Crippen LogP contribution in [-0.2, 0) is 16.1 Å². The van der Waals surface area contributed by atoms with E-state index in [9.17, 15) is 0 Å². The summed E-state index contributed by atoms with van der Waals surface area (Å²) in [6, 6.07) is 0. The van der Waals surface area contributed by atoms with Gasteiger partial charge in [0.1, 0.15) is 0 Å². The largest absolute Gasteiger partial charge is 0.673 e. The summed E-state index contributed by atoms with van der Waals surface area (Å²) < 4.78 is 11.2. The zero-order valence-electron chi connectivity index (χ0n) is 1.76. The summed E-state index contributed by atoms with van der Waals surface area (Å²) in [5.41, 5.74) is 5.73. The van der Waals surface area contributed by atoms with Gasteiger partial charge in [-0.15, -0.1) is 5.53 Å². The van der Waals surface area contributed by atoms with E-state index in [1.165, 1.54) is 0 Å². The lowest BCUT2D eigenvalue weighted by molar-refractivity contribution is 0.604. The summed E-state index contributed by atoms with van der Waals surface area (Å²) in [6.45, 7) is 0. The molecule has 0 aromatic heterocycles. The summed E-state index contributed by atoms with van der Waals surface area (Å²) in [5.74, 6) is 0. The maximum atomic E-state index is 8.86. The molecule has 0 aromatic carbocycles. The van der Waals surface area contributed by atoms with Crippen LogP contribution >= 0.6 is 0 Å². The Morgan fingerprint density at radius 2 is 2.25 bits per heavy atom. The summed E-state index contributed by atoms with van der Waals surface area (Å²) >= 11 is -0.102. The molecular weight excluding hydrogens is 76.1 g/mol. The molecule has 3 nitrogen and oxygen atoms in total. The number of rotatable bonds is 1. The van der Waals surface area contributed by atoms with E-state index >= 15 is 0 Å². The Bertz CT molecular complexity index is 27.0. The summed E-state index contributed by atoms with van der Waals surface area (Å²) in [7, 11) is 0. The van der Waals surface area contributed by atoms with Crippen LogP contribution in [0.5, 0.6) is 0 Å². The van der Waals surface area contributed by atoms with Crippen LogP contribution in [0.4, 0.5) is 0 Å². The van der Waals surface area contributed by atoms with E-state index < -0.39 is 0 Å². The third-order valence-electron chi connectivity index (χ3n) is 0.0373. The van der Waals surface area contributed by atoms with Gasteiger partial charge in [0.2, 0.25) is 0 Å². The highest BCUT2D eigenvalue weighted by molar-refractivity contribution is 7.63. The van der Waals surface area contributed by atoms with E-state index in [2.05, 4.69) is 4.52 Å². The number of hydrogen-bond acceptors (Lipinski definition) is 2. The fourth-order valence-corrected chi connectivity index (χ4v) is 0. The number of nitrogens with zero attached hydrogens (tertiary/aromatic N) is 1. The van der Waals surface area contributed by atoms with Crippen LogP contribution in [0.1, 0.15) is 0 Å². The molecular formula is HN2OS+. The van der Waals surface area contributed by atoms with Gasteiger partial charge in [0.05, 0.1) is 4.21 Å². The minimum atomic E-state index is -0.102. The van der Waals surface area contributed by atoms with Crippen molar-refractivity contribution in [3.8, 4) is 0 Å². The van der Waals surface area contributed by atoms with E-state index in [0.29, 0.717) is 0 Å². The molecule has 1 N–H and O–H groups in total. The lowest BCUT2D eigenvalue weighted by atomic mass is 13.3. The minimum absolute atomic E-state index is 0.102. The molecule has 0 aliphatic heterocycles. The van der Waals surface area contributed by atoms with Gasteiger partial charge in [-0.3, -0.25) is 0 Å². The number of hydrogen-bond donors (Lipinski definition) is 1. The fourth-order valence-electron chi connectivity index (χ4n) is 0. The van der Waals surface area contributed by atoms with Crippen molar-refractivity contribution in [2.45, 2.75) is 0 Å². The average Bonchev–Trinajstić information content (AvgIpc) is 1.37. The van der Waals surface area contributed by atoms with Crippen molar-refractivity contribution in [3.05, 3.63) is 0 Å². The molecule has 0 spiro atoms. The van der Waals surface area contributed by atoms with Gasteiger partial charge in [0.15, 0.2) is 4.52 Å². The van der Waals surface area contributed by atoms with E-state index in [-0.39, 0.29) is 11.9 Å². The van der Waals surface area contributed by atoms with Gasteiger partial charge >= 0.3 is 11.9 Å². The Morgan fingerprint density at radius 1 is 2.00 bits per heavy atom. The zero-order valence-corrected chi connectivity index (χ0v) is 2.58. The standard InChI is InChI=1S/HN2OS/c1-2-4-3/h1H/q+1. The smallest absolute Gasteiger partial charge is 0.146 e. The highest BCUT2D eigenvalue weighted by Gasteiger charge is 1.74. The Labute approximate surface area is 27.2 Å².